The van der Waals surface area contributed by atoms with Gasteiger partial charge in [0.1, 0.15) is 0 Å². The van der Waals surface area contributed by atoms with Crippen LogP contribution in [-0.2, 0) is 11.8 Å². The molecule has 2 rings (SSSR count). The third kappa shape index (κ3) is 3.19. The number of carboxylic acid groups (broad SMARTS) is 1. The van der Waals surface area contributed by atoms with E-state index in [1.165, 1.54) is 6.07 Å². The van der Waals surface area contributed by atoms with E-state index >= 15 is 0 Å². The van der Waals surface area contributed by atoms with Crippen molar-refractivity contribution in [1.82, 2.24) is 14.8 Å². The van der Waals surface area contributed by atoms with Crippen molar-refractivity contribution in [2.75, 3.05) is 5.75 Å². The molecule has 1 aromatic carbocycles. The lowest BCUT2D eigenvalue weighted by Gasteiger charge is -2.05. The summed E-state index contributed by atoms with van der Waals surface area (Å²) in [6, 6.07) is 4.73. The number of nitro groups is 1. The lowest BCUT2D eigenvalue weighted by molar-refractivity contribution is -0.384. The topological polar surface area (TPSA) is 111 Å². The highest BCUT2D eigenvalue weighted by molar-refractivity contribution is 7.99. The van der Waals surface area contributed by atoms with Gasteiger partial charge in [0, 0.05) is 13.1 Å². The van der Waals surface area contributed by atoms with E-state index < -0.39 is 10.9 Å². The molecule has 8 nitrogen and oxygen atoms in total. The molecular weight excluding hydrogens is 296 g/mol. The van der Waals surface area contributed by atoms with Crippen LogP contribution in [0.25, 0.3) is 11.4 Å². The quantitative estimate of drug-likeness (QED) is 0.510. The molecule has 0 saturated heterocycles. The Kier molecular flexibility index (Phi) is 4.22. The average Bonchev–Trinajstić information content (AvgIpc) is 2.77. The minimum atomic E-state index is -0.967. The highest BCUT2D eigenvalue weighted by Gasteiger charge is 2.21. The molecular formula is C12H12N4O4S. The fraction of sp³-hybridized carbons (Fsp3) is 0.250. The predicted octanol–water partition coefficient (Wildman–Crippen LogP) is 1.88. The molecule has 1 N–H and O–H groups in total. The number of nitrogens with zero attached hydrogens (tertiary/aromatic N) is 4. The van der Waals surface area contributed by atoms with Crippen LogP contribution in [0.1, 0.15) is 5.56 Å². The molecule has 0 spiro atoms. The number of nitro benzene ring substituents is 1. The zero-order valence-corrected chi connectivity index (χ0v) is 12.1. The van der Waals surface area contributed by atoms with Gasteiger partial charge >= 0.3 is 5.97 Å². The molecule has 0 fully saturated rings. The molecule has 0 saturated carbocycles. The molecule has 0 radical (unpaired) electrons. The third-order valence-electron chi connectivity index (χ3n) is 2.75. The number of hydrogen-bond donors (Lipinski definition) is 1. The van der Waals surface area contributed by atoms with Gasteiger partial charge in [0.2, 0.25) is 0 Å². The second kappa shape index (κ2) is 5.92. The molecule has 0 aliphatic carbocycles. The predicted molar refractivity (Wildman–Crippen MR) is 76.2 cm³/mol. The van der Waals surface area contributed by atoms with Crippen LogP contribution < -0.4 is 0 Å². The van der Waals surface area contributed by atoms with Crippen molar-refractivity contribution in [3.05, 3.63) is 33.9 Å². The average molecular weight is 308 g/mol. The summed E-state index contributed by atoms with van der Waals surface area (Å²) in [4.78, 5) is 21.2. The van der Waals surface area contributed by atoms with Crippen LogP contribution in [0.4, 0.5) is 5.69 Å². The van der Waals surface area contributed by atoms with E-state index in [0.717, 1.165) is 17.3 Å². The van der Waals surface area contributed by atoms with Gasteiger partial charge in [-0.3, -0.25) is 14.9 Å². The summed E-state index contributed by atoms with van der Waals surface area (Å²) in [6.45, 7) is 1.82. The van der Waals surface area contributed by atoms with Crippen molar-refractivity contribution in [1.29, 1.82) is 0 Å². The molecule has 1 heterocycles. The van der Waals surface area contributed by atoms with Crippen molar-refractivity contribution in [2.45, 2.75) is 12.1 Å². The Hall–Kier alpha value is -2.42. The summed E-state index contributed by atoms with van der Waals surface area (Å²) in [6.07, 6.45) is 0. The molecule has 2 aromatic rings. The molecule has 9 heteroatoms. The highest BCUT2D eigenvalue weighted by Crippen LogP contribution is 2.31. The van der Waals surface area contributed by atoms with Crippen LogP contribution in [0.3, 0.4) is 0 Å². The normalized spacial score (nSPS) is 10.6. The lowest BCUT2D eigenvalue weighted by Crippen LogP contribution is -2.02. The Morgan fingerprint density at radius 3 is 2.81 bits per heavy atom. The van der Waals surface area contributed by atoms with E-state index in [1.807, 2.05) is 6.92 Å². The van der Waals surface area contributed by atoms with Crippen molar-refractivity contribution < 1.29 is 14.8 Å². The fourth-order valence-corrected chi connectivity index (χ4v) is 2.42. The summed E-state index contributed by atoms with van der Waals surface area (Å²) in [7, 11) is 1.64. The van der Waals surface area contributed by atoms with Crippen LogP contribution in [0.15, 0.2) is 23.4 Å². The smallest absolute Gasteiger partial charge is 0.313 e. The number of thioether (sulfide) groups is 1. The zero-order chi connectivity index (χ0) is 15.6. The number of hydrogen-bond acceptors (Lipinski definition) is 6. The number of aromatic nitrogens is 3. The van der Waals surface area contributed by atoms with Crippen LogP contribution in [-0.4, -0.2) is 36.5 Å². The second-order valence-corrected chi connectivity index (χ2v) is 5.27. The Morgan fingerprint density at radius 2 is 2.19 bits per heavy atom. The standard InChI is InChI=1S/C12H12N4O4S/c1-7-3-4-9(16(19)20)8(5-7)11-13-14-12(15(11)2)21-6-10(17)18/h3-5H,6H2,1-2H3,(H,17,18). The third-order valence-corrected chi connectivity index (χ3v) is 3.75. The molecule has 1 aromatic heterocycles. The van der Waals surface area contributed by atoms with Gasteiger partial charge in [-0.15, -0.1) is 10.2 Å². The Balaban J connectivity index is 2.45. The highest BCUT2D eigenvalue weighted by atomic mass is 32.2. The van der Waals surface area contributed by atoms with Crippen molar-refractivity contribution in [3.8, 4) is 11.4 Å². The first-order valence-corrected chi connectivity index (χ1v) is 6.88. The maximum Gasteiger partial charge on any atom is 0.313 e. The number of carbonyl (C=O) groups is 1. The maximum atomic E-state index is 11.1. The summed E-state index contributed by atoms with van der Waals surface area (Å²) in [5, 5.41) is 28.0. The summed E-state index contributed by atoms with van der Waals surface area (Å²) < 4.78 is 1.55. The second-order valence-electron chi connectivity index (χ2n) is 4.33. The monoisotopic (exact) mass is 308 g/mol. The Morgan fingerprint density at radius 1 is 1.48 bits per heavy atom. The molecule has 110 valence electrons. The van der Waals surface area contributed by atoms with Gasteiger partial charge < -0.3 is 9.67 Å². The van der Waals surface area contributed by atoms with Crippen LogP contribution >= 0.6 is 11.8 Å². The number of aliphatic carboxylic acids is 1. The Labute approximate surface area is 124 Å². The minimum absolute atomic E-state index is 0.0640. The van der Waals surface area contributed by atoms with E-state index in [4.69, 9.17) is 5.11 Å². The molecule has 21 heavy (non-hydrogen) atoms. The van der Waals surface area contributed by atoms with E-state index in [1.54, 1.807) is 23.7 Å². The van der Waals surface area contributed by atoms with Gasteiger partial charge in [-0.25, -0.2) is 0 Å². The number of aryl methyl sites for hydroxylation is 1. The number of carboxylic acids is 1. The summed E-state index contributed by atoms with van der Waals surface area (Å²) in [5.41, 5.74) is 1.15. The van der Waals surface area contributed by atoms with Crippen LogP contribution in [0.2, 0.25) is 0 Å². The molecule has 0 aliphatic heterocycles. The molecule has 0 aliphatic rings. The SMILES string of the molecule is Cc1ccc([N+](=O)[O-])c(-c2nnc(SCC(=O)O)n2C)c1. The molecule has 0 amide bonds. The van der Waals surface area contributed by atoms with Gasteiger partial charge in [0.05, 0.1) is 16.2 Å². The van der Waals surface area contributed by atoms with E-state index in [2.05, 4.69) is 10.2 Å². The first-order chi connectivity index (χ1) is 9.90. The van der Waals surface area contributed by atoms with Crippen LogP contribution in [0.5, 0.6) is 0 Å². The van der Waals surface area contributed by atoms with E-state index in [9.17, 15) is 14.9 Å². The van der Waals surface area contributed by atoms with Crippen molar-refractivity contribution in [3.63, 3.8) is 0 Å². The summed E-state index contributed by atoms with van der Waals surface area (Å²) in [5.74, 6) is -0.786. The fourth-order valence-electron chi connectivity index (χ4n) is 1.79. The van der Waals surface area contributed by atoms with Gasteiger partial charge in [0.25, 0.3) is 5.69 Å². The van der Waals surface area contributed by atoms with Gasteiger partial charge in [-0.2, -0.15) is 0 Å². The van der Waals surface area contributed by atoms with Crippen LogP contribution in [0, 0.1) is 17.0 Å². The minimum Gasteiger partial charge on any atom is -0.481 e. The van der Waals surface area contributed by atoms with Gasteiger partial charge in [-0.05, 0) is 18.6 Å². The molecule has 0 unspecified atom stereocenters. The lowest BCUT2D eigenvalue weighted by atomic mass is 10.1. The van der Waals surface area contributed by atoms with E-state index in [-0.39, 0.29) is 11.4 Å². The Bertz CT molecular complexity index is 713. The zero-order valence-electron chi connectivity index (χ0n) is 11.3. The van der Waals surface area contributed by atoms with Gasteiger partial charge in [0.15, 0.2) is 11.0 Å². The molecule has 0 bridgehead atoms. The van der Waals surface area contributed by atoms with Crippen molar-refractivity contribution >= 4 is 23.4 Å². The van der Waals surface area contributed by atoms with Gasteiger partial charge in [-0.1, -0.05) is 17.8 Å². The number of benzene rings is 1. The maximum absolute atomic E-state index is 11.1. The first-order valence-electron chi connectivity index (χ1n) is 5.89. The molecule has 0 atom stereocenters. The van der Waals surface area contributed by atoms with E-state index in [0.29, 0.717) is 16.5 Å². The summed E-state index contributed by atoms with van der Waals surface area (Å²) >= 11 is 1.01. The van der Waals surface area contributed by atoms with Crippen molar-refractivity contribution in [2.24, 2.45) is 7.05 Å². The number of rotatable bonds is 5. The largest absolute Gasteiger partial charge is 0.481 e. The first kappa shape index (κ1) is 15.0.